The molecule has 2 aliphatic rings. The van der Waals surface area contributed by atoms with Gasteiger partial charge in [0, 0.05) is 11.8 Å². The summed E-state index contributed by atoms with van der Waals surface area (Å²) in [5.41, 5.74) is 0.869. The van der Waals surface area contributed by atoms with E-state index >= 15 is 0 Å². The van der Waals surface area contributed by atoms with E-state index in [0.717, 1.165) is 5.57 Å². The molecule has 0 aliphatic carbocycles. The molecule has 0 unspecified atom stereocenters. The maximum atomic E-state index is 11.3. The molecule has 0 bridgehead atoms. The van der Waals surface area contributed by atoms with Gasteiger partial charge in [-0.05, 0) is 12.0 Å². The molecule has 1 fully saturated rings. The summed E-state index contributed by atoms with van der Waals surface area (Å²) in [7, 11) is -5.84. The van der Waals surface area contributed by atoms with Crippen LogP contribution in [0.15, 0.2) is 11.6 Å². The molecule has 5 nitrogen and oxygen atoms in total. The van der Waals surface area contributed by atoms with Crippen LogP contribution in [-0.2, 0) is 19.7 Å². The Bertz CT molecular complexity index is 605. The lowest BCUT2D eigenvalue weighted by Crippen LogP contribution is -2.33. The first kappa shape index (κ1) is 15.3. The summed E-state index contributed by atoms with van der Waals surface area (Å²) in [5.74, 6) is 1.11. The highest BCUT2D eigenvalue weighted by molar-refractivity contribution is 8.23. The van der Waals surface area contributed by atoms with Crippen molar-refractivity contribution < 1.29 is 16.8 Å². The van der Waals surface area contributed by atoms with Crippen LogP contribution in [0.2, 0.25) is 0 Å². The molecule has 0 radical (unpaired) electrons. The molecule has 19 heavy (non-hydrogen) atoms. The number of nitrogens with one attached hydrogen (secondary N) is 1. The van der Waals surface area contributed by atoms with Crippen LogP contribution in [-0.4, -0.2) is 56.0 Å². The highest BCUT2D eigenvalue weighted by Crippen LogP contribution is 2.18. The SMILES string of the molecule is O=S1(=O)CC=C(CSC(=S)N[C@H]2CCS(=O)(=O)C2)C1. The maximum absolute atomic E-state index is 11.3. The van der Waals surface area contributed by atoms with Crippen molar-refractivity contribution in [1.82, 2.24) is 5.32 Å². The van der Waals surface area contributed by atoms with Crippen molar-refractivity contribution in [2.24, 2.45) is 0 Å². The van der Waals surface area contributed by atoms with E-state index in [9.17, 15) is 16.8 Å². The summed E-state index contributed by atoms with van der Waals surface area (Å²) in [6, 6.07) is -0.105. The van der Waals surface area contributed by atoms with E-state index in [-0.39, 0.29) is 29.1 Å². The van der Waals surface area contributed by atoms with Crippen LogP contribution in [0, 0.1) is 0 Å². The smallest absolute Gasteiger partial charge is 0.157 e. The van der Waals surface area contributed by atoms with E-state index in [4.69, 9.17) is 12.2 Å². The first-order chi connectivity index (χ1) is 8.76. The van der Waals surface area contributed by atoms with E-state index in [1.165, 1.54) is 11.8 Å². The predicted octanol–water partition coefficient (Wildman–Crippen LogP) is 0.136. The molecule has 0 amide bonds. The summed E-state index contributed by atoms with van der Waals surface area (Å²) in [4.78, 5) is 0. The van der Waals surface area contributed by atoms with Crippen molar-refractivity contribution in [3.63, 3.8) is 0 Å². The first-order valence-electron chi connectivity index (χ1n) is 5.78. The number of sulfone groups is 2. The largest absolute Gasteiger partial charge is 0.367 e. The molecule has 1 N–H and O–H groups in total. The monoisotopic (exact) mass is 341 g/mol. The van der Waals surface area contributed by atoms with Crippen molar-refractivity contribution in [2.45, 2.75) is 12.5 Å². The first-order valence-corrected chi connectivity index (χ1v) is 10.8. The lowest BCUT2D eigenvalue weighted by molar-refractivity contribution is 0.599. The molecule has 2 heterocycles. The average molecular weight is 342 g/mol. The van der Waals surface area contributed by atoms with Gasteiger partial charge in [0.2, 0.25) is 0 Å². The lowest BCUT2D eigenvalue weighted by atomic mass is 10.3. The fourth-order valence-corrected chi connectivity index (χ4v) is 6.35. The van der Waals surface area contributed by atoms with Crippen molar-refractivity contribution in [3.05, 3.63) is 11.6 Å². The summed E-state index contributed by atoms with van der Waals surface area (Å²) in [6.07, 6.45) is 2.31. The van der Waals surface area contributed by atoms with Crippen LogP contribution < -0.4 is 5.32 Å². The minimum Gasteiger partial charge on any atom is -0.367 e. The summed E-state index contributed by atoms with van der Waals surface area (Å²) < 4.78 is 45.6. The van der Waals surface area contributed by atoms with Gasteiger partial charge in [-0.3, -0.25) is 0 Å². The normalized spacial score (nSPS) is 28.0. The molecule has 2 rings (SSSR count). The van der Waals surface area contributed by atoms with Gasteiger partial charge in [-0.2, -0.15) is 0 Å². The molecule has 0 spiro atoms. The van der Waals surface area contributed by atoms with Gasteiger partial charge in [-0.1, -0.05) is 30.1 Å². The Labute approximate surface area is 123 Å². The topological polar surface area (TPSA) is 80.3 Å². The number of thiocarbonyl (C=S) groups is 1. The van der Waals surface area contributed by atoms with Crippen LogP contribution in [0.4, 0.5) is 0 Å². The van der Waals surface area contributed by atoms with Crippen LogP contribution in [0.3, 0.4) is 0 Å². The van der Waals surface area contributed by atoms with Crippen LogP contribution in [0.25, 0.3) is 0 Å². The van der Waals surface area contributed by atoms with Gasteiger partial charge in [-0.15, -0.1) is 0 Å². The molecule has 0 saturated carbocycles. The van der Waals surface area contributed by atoms with E-state index in [1.54, 1.807) is 6.08 Å². The quantitative estimate of drug-likeness (QED) is 0.577. The van der Waals surface area contributed by atoms with Crippen molar-refractivity contribution in [2.75, 3.05) is 28.8 Å². The molecular formula is C10H15NO4S4. The molecule has 9 heteroatoms. The second kappa shape index (κ2) is 5.71. The van der Waals surface area contributed by atoms with Gasteiger partial charge in [0.25, 0.3) is 0 Å². The summed E-state index contributed by atoms with van der Waals surface area (Å²) >= 11 is 6.49. The van der Waals surface area contributed by atoms with Gasteiger partial charge in [0.05, 0.1) is 23.0 Å². The molecule has 0 aromatic heterocycles. The van der Waals surface area contributed by atoms with Gasteiger partial charge in [0.1, 0.15) is 4.32 Å². The fourth-order valence-electron chi connectivity index (χ4n) is 2.02. The standard InChI is InChI=1S/C10H15NO4S4/c12-18(13)3-1-8(6-18)5-17-10(16)11-9-2-4-19(14,15)7-9/h1,9H,2-7H2,(H,11,16)/t9-/m0/s1. The zero-order valence-electron chi connectivity index (χ0n) is 10.2. The Morgan fingerprint density at radius 1 is 1.37 bits per heavy atom. The number of rotatable bonds is 3. The van der Waals surface area contributed by atoms with E-state index in [1.807, 2.05) is 0 Å². The highest BCUT2D eigenvalue weighted by atomic mass is 32.2. The molecule has 0 aromatic carbocycles. The summed E-state index contributed by atoms with van der Waals surface area (Å²) in [6.45, 7) is 0. The van der Waals surface area contributed by atoms with Gasteiger partial charge >= 0.3 is 0 Å². The second-order valence-corrected chi connectivity index (χ2v) is 10.7. The fraction of sp³-hybridized carbons (Fsp3) is 0.700. The van der Waals surface area contributed by atoms with Crippen LogP contribution in [0.1, 0.15) is 6.42 Å². The number of hydrogen-bond acceptors (Lipinski definition) is 6. The van der Waals surface area contributed by atoms with Crippen molar-refractivity contribution in [1.29, 1.82) is 0 Å². The third-order valence-electron chi connectivity index (χ3n) is 2.97. The third kappa shape index (κ3) is 4.73. The van der Waals surface area contributed by atoms with Crippen molar-refractivity contribution in [3.8, 4) is 0 Å². The Morgan fingerprint density at radius 3 is 2.63 bits per heavy atom. The van der Waals surface area contributed by atoms with E-state index in [0.29, 0.717) is 16.5 Å². The Morgan fingerprint density at radius 2 is 2.11 bits per heavy atom. The molecule has 1 saturated heterocycles. The zero-order valence-corrected chi connectivity index (χ0v) is 13.4. The van der Waals surface area contributed by atoms with E-state index < -0.39 is 19.7 Å². The average Bonchev–Trinajstić information content (AvgIpc) is 2.78. The second-order valence-electron chi connectivity index (χ2n) is 4.74. The Hall–Kier alpha value is -0.120. The van der Waals surface area contributed by atoms with E-state index in [2.05, 4.69) is 5.32 Å². The zero-order chi connectivity index (χ0) is 14.1. The lowest BCUT2D eigenvalue weighted by Gasteiger charge is -2.12. The highest BCUT2D eigenvalue weighted by Gasteiger charge is 2.28. The Kier molecular flexibility index (Phi) is 4.59. The third-order valence-corrected chi connectivity index (χ3v) is 7.59. The minimum absolute atomic E-state index is 0.105. The molecule has 0 aromatic rings. The minimum atomic E-state index is -2.93. The van der Waals surface area contributed by atoms with Crippen LogP contribution in [0.5, 0.6) is 0 Å². The molecule has 108 valence electrons. The molecule has 2 aliphatic heterocycles. The maximum Gasteiger partial charge on any atom is 0.157 e. The van der Waals surface area contributed by atoms with Gasteiger partial charge < -0.3 is 5.32 Å². The van der Waals surface area contributed by atoms with Gasteiger partial charge in [-0.25, -0.2) is 16.8 Å². The van der Waals surface area contributed by atoms with Gasteiger partial charge in [0.15, 0.2) is 19.7 Å². The molecular weight excluding hydrogens is 326 g/mol. The predicted molar refractivity (Wildman–Crippen MR) is 82.0 cm³/mol. The number of hydrogen-bond donors (Lipinski definition) is 1. The molecule has 1 atom stereocenters. The van der Waals surface area contributed by atoms with Crippen LogP contribution >= 0.6 is 24.0 Å². The number of thioether (sulfide) groups is 1. The Balaban J connectivity index is 1.74. The van der Waals surface area contributed by atoms with Crippen molar-refractivity contribution >= 4 is 48.0 Å². The summed E-state index contributed by atoms with van der Waals surface area (Å²) in [5, 5.41) is 3.02.